The highest BCUT2D eigenvalue weighted by atomic mass is 32.2. The van der Waals surface area contributed by atoms with Crippen molar-refractivity contribution in [3.63, 3.8) is 0 Å². The van der Waals surface area contributed by atoms with Crippen LogP contribution in [0.5, 0.6) is 0 Å². The first kappa shape index (κ1) is 15.0. The van der Waals surface area contributed by atoms with Crippen molar-refractivity contribution in [1.82, 2.24) is 10.2 Å². The van der Waals surface area contributed by atoms with E-state index in [1.807, 2.05) is 6.92 Å². The Hall–Kier alpha value is -1.08. The number of imide groups is 1. The van der Waals surface area contributed by atoms with Gasteiger partial charge in [0.05, 0.1) is 12.4 Å². The van der Waals surface area contributed by atoms with Gasteiger partial charge < -0.3 is 9.64 Å². The molecule has 1 N–H and O–H groups in total. The van der Waals surface area contributed by atoms with Crippen LogP contribution in [0.4, 0.5) is 0 Å². The highest BCUT2D eigenvalue weighted by molar-refractivity contribution is 7.99. The predicted molar refractivity (Wildman–Crippen MR) is 68.1 cm³/mol. The van der Waals surface area contributed by atoms with Gasteiger partial charge in [-0.2, -0.15) is 0 Å². The van der Waals surface area contributed by atoms with E-state index in [9.17, 15) is 14.4 Å². The molecule has 0 aromatic heterocycles. The molecule has 1 aliphatic rings. The summed E-state index contributed by atoms with van der Waals surface area (Å²) in [5.74, 6) is 0.00283. The van der Waals surface area contributed by atoms with Gasteiger partial charge in [0.25, 0.3) is 0 Å². The topological polar surface area (TPSA) is 75.7 Å². The lowest BCUT2D eigenvalue weighted by atomic mass is 10.1. The SMILES string of the molecule is CCC1C(=O)NC(=O)CN1C(=O)CSCCOC. The molecule has 0 aromatic rings. The number of nitrogens with one attached hydrogen (secondary N) is 1. The summed E-state index contributed by atoms with van der Waals surface area (Å²) < 4.78 is 4.88. The molecule has 0 bridgehead atoms. The smallest absolute Gasteiger partial charge is 0.249 e. The summed E-state index contributed by atoms with van der Waals surface area (Å²) >= 11 is 1.44. The monoisotopic (exact) mass is 274 g/mol. The van der Waals surface area contributed by atoms with Gasteiger partial charge >= 0.3 is 0 Å². The van der Waals surface area contributed by atoms with Crippen LogP contribution in [-0.4, -0.2) is 60.4 Å². The normalized spacial score (nSPS) is 19.9. The van der Waals surface area contributed by atoms with Crippen LogP contribution in [-0.2, 0) is 19.1 Å². The molecule has 1 saturated heterocycles. The van der Waals surface area contributed by atoms with E-state index >= 15 is 0 Å². The Kier molecular flexibility index (Phi) is 6.14. The summed E-state index contributed by atoms with van der Waals surface area (Å²) in [6.45, 7) is 2.36. The molecule has 102 valence electrons. The highest BCUT2D eigenvalue weighted by Crippen LogP contribution is 2.12. The first-order chi connectivity index (χ1) is 8.60. The maximum Gasteiger partial charge on any atom is 0.249 e. The van der Waals surface area contributed by atoms with E-state index < -0.39 is 11.9 Å². The zero-order chi connectivity index (χ0) is 13.5. The van der Waals surface area contributed by atoms with Crippen molar-refractivity contribution < 1.29 is 19.1 Å². The fourth-order valence-electron chi connectivity index (χ4n) is 1.72. The number of hydrogen-bond acceptors (Lipinski definition) is 5. The van der Waals surface area contributed by atoms with Gasteiger partial charge in [-0.05, 0) is 6.42 Å². The van der Waals surface area contributed by atoms with Crippen molar-refractivity contribution in [2.75, 3.05) is 31.8 Å². The second kappa shape index (κ2) is 7.38. The number of amides is 3. The third kappa shape index (κ3) is 3.99. The summed E-state index contributed by atoms with van der Waals surface area (Å²) in [4.78, 5) is 36.2. The fourth-order valence-corrected chi connectivity index (χ4v) is 2.49. The fraction of sp³-hybridized carbons (Fsp3) is 0.727. The molecular weight excluding hydrogens is 256 g/mol. The first-order valence-corrected chi connectivity index (χ1v) is 6.95. The highest BCUT2D eigenvalue weighted by Gasteiger charge is 2.34. The van der Waals surface area contributed by atoms with Gasteiger partial charge in [-0.1, -0.05) is 6.92 Å². The quantitative estimate of drug-likeness (QED) is 0.528. The third-order valence-electron chi connectivity index (χ3n) is 2.62. The summed E-state index contributed by atoms with van der Waals surface area (Å²) in [6.07, 6.45) is 0.508. The van der Waals surface area contributed by atoms with Gasteiger partial charge in [0.2, 0.25) is 17.7 Å². The Bertz CT molecular complexity index is 335. The Morgan fingerprint density at radius 2 is 2.28 bits per heavy atom. The van der Waals surface area contributed by atoms with Gasteiger partial charge in [-0.15, -0.1) is 11.8 Å². The number of hydrogen-bond donors (Lipinski definition) is 1. The maximum absolute atomic E-state index is 12.0. The van der Waals surface area contributed by atoms with Gasteiger partial charge in [-0.3, -0.25) is 19.7 Å². The van der Waals surface area contributed by atoms with E-state index in [0.717, 1.165) is 0 Å². The Labute approximate surface area is 110 Å². The Morgan fingerprint density at radius 3 is 2.89 bits per heavy atom. The zero-order valence-electron chi connectivity index (χ0n) is 10.6. The van der Waals surface area contributed by atoms with E-state index in [2.05, 4.69) is 5.32 Å². The number of methoxy groups -OCH3 is 1. The van der Waals surface area contributed by atoms with Crippen molar-refractivity contribution in [2.45, 2.75) is 19.4 Å². The number of ether oxygens (including phenoxy) is 1. The second-order valence-electron chi connectivity index (χ2n) is 3.90. The third-order valence-corrected chi connectivity index (χ3v) is 3.53. The lowest BCUT2D eigenvalue weighted by Crippen LogP contribution is -2.59. The van der Waals surface area contributed by atoms with Crippen molar-refractivity contribution in [1.29, 1.82) is 0 Å². The first-order valence-electron chi connectivity index (χ1n) is 5.80. The largest absolute Gasteiger partial charge is 0.384 e. The molecule has 1 heterocycles. The molecule has 1 unspecified atom stereocenters. The van der Waals surface area contributed by atoms with Gasteiger partial charge in [0.1, 0.15) is 12.6 Å². The Balaban J connectivity index is 2.52. The minimum Gasteiger partial charge on any atom is -0.384 e. The number of carbonyl (C=O) groups excluding carboxylic acids is 3. The van der Waals surface area contributed by atoms with Crippen LogP contribution in [0.1, 0.15) is 13.3 Å². The van der Waals surface area contributed by atoms with Crippen LogP contribution < -0.4 is 5.32 Å². The van der Waals surface area contributed by atoms with Crippen molar-refractivity contribution in [3.05, 3.63) is 0 Å². The lowest BCUT2D eigenvalue weighted by Gasteiger charge is -2.33. The molecule has 18 heavy (non-hydrogen) atoms. The molecule has 0 radical (unpaired) electrons. The molecular formula is C11H18N2O4S. The number of carbonyl (C=O) groups is 3. The molecule has 1 aliphatic heterocycles. The number of rotatable bonds is 6. The second-order valence-corrected chi connectivity index (χ2v) is 5.01. The van der Waals surface area contributed by atoms with Gasteiger partial charge in [0, 0.05) is 12.9 Å². The maximum atomic E-state index is 12.0. The van der Waals surface area contributed by atoms with Crippen LogP contribution in [0.15, 0.2) is 0 Å². The number of thioether (sulfide) groups is 1. The van der Waals surface area contributed by atoms with E-state index in [0.29, 0.717) is 18.8 Å². The number of piperazine rings is 1. The van der Waals surface area contributed by atoms with E-state index in [4.69, 9.17) is 4.74 Å². The summed E-state index contributed by atoms with van der Waals surface area (Å²) in [7, 11) is 1.60. The molecule has 0 saturated carbocycles. The molecule has 0 spiro atoms. The average Bonchev–Trinajstić information content (AvgIpc) is 2.33. The van der Waals surface area contributed by atoms with Crippen LogP contribution in [0.3, 0.4) is 0 Å². The molecule has 1 atom stereocenters. The predicted octanol–water partition coefficient (Wildman–Crippen LogP) is -0.370. The van der Waals surface area contributed by atoms with Gasteiger partial charge in [-0.25, -0.2) is 0 Å². The van der Waals surface area contributed by atoms with E-state index in [-0.39, 0.29) is 24.1 Å². The molecule has 1 rings (SSSR count). The zero-order valence-corrected chi connectivity index (χ0v) is 11.4. The molecule has 0 aliphatic carbocycles. The minimum absolute atomic E-state index is 0.0338. The van der Waals surface area contributed by atoms with Crippen LogP contribution >= 0.6 is 11.8 Å². The number of nitrogens with zero attached hydrogens (tertiary/aromatic N) is 1. The lowest BCUT2D eigenvalue weighted by molar-refractivity contribution is -0.148. The molecule has 6 nitrogen and oxygen atoms in total. The van der Waals surface area contributed by atoms with Gasteiger partial charge in [0.15, 0.2) is 0 Å². The van der Waals surface area contributed by atoms with Crippen LogP contribution in [0.25, 0.3) is 0 Å². The standard InChI is InChI=1S/C11H18N2O4S/c1-3-8-11(16)12-9(14)6-13(8)10(15)7-18-5-4-17-2/h8H,3-7H2,1-2H3,(H,12,14,16). The summed E-state index contributed by atoms with van der Waals surface area (Å²) in [6, 6.07) is -0.529. The van der Waals surface area contributed by atoms with Crippen molar-refractivity contribution >= 4 is 29.5 Å². The van der Waals surface area contributed by atoms with E-state index in [1.165, 1.54) is 16.7 Å². The summed E-state index contributed by atoms with van der Waals surface area (Å²) in [5.41, 5.74) is 0. The minimum atomic E-state index is -0.529. The van der Waals surface area contributed by atoms with Crippen LogP contribution in [0, 0.1) is 0 Å². The molecule has 3 amide bonds. The Morgan fingerprint density at radius 1 is 1.56 bits per heavy atom. The van der Waals surface area contributed by atoms with Crippen molar-refractivity contribution in [2.24, 2.45) is 0 Å². The van der Waals surface area contributed by atoms with Crippen LogP contribution in [0.2, 0.25) is 0 Å². The van der Waals surface area contributed by atoms with Crippen molar-refractivity contribution in [3.8, 4) is 0 Å². The molecule has 1 fully saturated rings. The summed E-state index contributed by atoms with van der Waals surface area (Å²) in [5, 5.41) is 2.24. The molecule has 0 aromatic carbocycles. The average molecular weight is 274 g/mol. The molecule has 7 heteroatoms. The van der Waals surface area contributed by atoms with E-state index in [1.54, 1.807) is 7.11 Å².